The lowest BCUT2D eigenvalue weighted by molar-refractivity contribution is -0.151. The SMILES string of the molecule is COC(=O)CCN1C(=O)CC(C[C@@H](O)C2C[C@@H](C)CC(C)C2=O)CC1=O. The average molecular weight is 367 g/mol. The summed E-state index contributed by atoms with van der Waals surface area (Å²) in [6.45, 7) is 4.00. The Morgan fingerprint density at radius 3 is 2.38 bits per heavy atom. The molecule has 0 aromatic rings. The van der Waals surface area contributed by atoms with Crippen LogP contribution in [0.25, 0.3) is 0 Å². The fourth-order valence-corrected chi connectivity index (χ4v) is 4.23. The highest BCUT2D eigenvalue weighted by Crippen LogP contribution is 2.35. The molecule has 1 heterocycles. The monoisotopic (exact) mass is 367 g/mol. The number of carbonyl (C=O) groups is 4. The molecule has 4 atom stereocenters. The van der Waals surface area contributed by atoms with Gasteiger partial charge in [0, 0.05) is 31.2 Å². The van der Waals surface area contributed by atoms with Gasteiger partial charge in [-0.1, -0.05) is 13.8 Å². The maximum Gasteiger partial charge on any atom is 0.307 e. The third-order valence-electron chi connectivity index (χ3n) is 5.60. The largest absolute Gasteiger partial charge is 0.469 e. The fourth-order valence-electron chi connectivity index (χ4n) is 4.23. The van der Waals surface area contributed by atoms with E-state index >= 15 is 0 Å². The Hall–Kier alpha value is -1.76. The van der Waals surface area contributed by atoms with Crippen molar-refractivity contribution in [3.63, 3.8) is 0 Å². The first-order valence-corrected chi connectivity index (χ1v) is 9.34. The summed E-state index contributed by atoms with van der Waals surface area (Å²) in [4.78, 5) is 49.2. The maximum atomic E-state index is 12.4. The van der Waals surface area contributed by atoms with E-state index in [0.29, 0.717) is 12.3 Å². The molecule has 1 aliphatic heterocycles. The van der Waals surface area contributed by atoms with Crippen molar-refractivity contribution >= 4 is 23.6 Å². The molecule has 0 radical (unpaired) electrons. The number of ketones is 1. The van der Waals surface area contributed by atoms with Crippen LogP contribution in [0.5, 0.6) is 0 Å². The third kappa shape index (κ3) is 4.90. The Morgan fingerprint density at radius 1 is 1.19 bits per heavy atom. The van der Waals surface area contributed by atoms with Crippen molar-refractivity contribution in [1.82, 2.24) is 4.90 Å². The van der Waals surface area contributed by atoms with Crippen LogP contribution in [0.1, 0.15) is 52.4 Å². The number of rotatable bonds is 6. The number of amides is 2. The number of methoxy groups -OCH3 is 1. The van der Waals surface area contributed by atoms with Crippen molar-refractivity contribution in [2.75, 3.05) is 13.7 Å². The maximum absolute atomic E-state index is 12.4. The van der Waals surface area contributed by atoms with E-state index in [9.17, 15) is 24.3 Å². The van der Waals surface area contributed by atoms with Gasteiger partial charge in [-0.2, -0.15) is 0 Å². The predicted octanol–water partition coefficient (Wildman–Crippen LogP) is 1.32. The van der Waals surface area contributed by atoms with E-state index in [2.05, 4.69) is 11.7 Å². The van der Waals surface area contributed by atoms with E-state index in [1.807, 2.05) is 6.92 Å². The molecule has 0 bridgehead atoms. The number of Topliss-reactive ketones (excluding diaryl/α,β-unsaturated/α-hetero) is 1. The Bertz CT molecular complexity index is 556. The Morgan fingerprint density at radius 2 is 1.81 bits per heavy atom. The quantitative estimate of drug-likeness (QED) is 0.561. The molecular formula is C19H29NO6. The van der Waals surface area contributed by atoms with Crippen LogP contribution in [0.15, 0.2) is 0 Å². The normalized spacial score (nSPS) is 29.0. The van der Waals surface area contributed by atoms with E-state index in [4.69, 9.17) is 0 Å². The molecule has 0 spiro atoms. The van der Waals surface area contributed by atoms with Gasteiger partial charge in [0.15, 0.2) is 0 Å². The molecule has 0 aromatic heterocycles. The Balaban J connectivity index is 1.91. The van der Waals surface area contributed by atoms with E-state index in [1.54, 1.807) is 0 Å². The lowest BCUT2D eigenvalue weighted by Gasteiger charge is -2.35. The second kappa shape index (κ2) is 8.75. The molecule has 146 valence electrons. The van der Waals surface area contributed by atoms with Crippen LogP contribution in [-0.2, 0) is 23.9 Å². The summed E-state index contributed by atoms with van der Waals surface area (Å²) in [6.07, 6.45) is 1.24. The van der Waals surface area contributed by atoms with E-state index in [0.717, 1.165) is 11.3 Å². The first-order chi connectivity index (χ1) is 12.2. The van der Waals surface area contributed by atoms with Crippen molar-refractivity contribution in [3.05, 3.63) is 0 Å². The zero-order valence-corrected chi connectivity index (χ0v) is 15.8. The lowest BCUT2D eigenvalue weighted by atomic mass is 9.71. The number of esters is 1. The zero-order valence-electron chi connectivity index (χ0n) is 15.8. The number of imide groups is 1. The van der Waals surface area contributed by atoms with Gasteiger partial charge in [-0.15, -0.1) is 0 Å². The molecule has 1 aliphatic carbocycles. The minimum atomic E-state index is -0.820. The summed E-state index contributed by atoms with van der Waals surface area (Å²) in [7, 11) is 1.26. The summed E-state index contributed by atoms with van der Waals surface area (Å²) < 4.78 is 4.53. The van der Waals surface area contributed by atoms with Gasteiger partial charge in [0.05, 0.1) is 19.6 Å². The highest BCUT2D eigenvalue weighted by Gasteiger charge is 2.39. The molecule has 2 rings (SSSR count). The Kier molecular flexibility index (Phi) is 6.92. The molecule has 2 fully saturated rings. The smallest absolute Gasteiger partial charge is 0.307 e. The average Bonchev–Trinajstić information content (AvgIpc) is 2.56. The number of piperidine rings is 1. The predicted molar refractivity (Wildman–Crippen MR) is 92.8 cm³/mol. The first kappa shape index (κ1) is 20.6. The van der Waals surface area contributed by atoms with Gasteiger partial charge in [0.25, 0.3) is 0 Å². The second-order valence-electron chi connectivity index (χ2n) is 7.83. The number of nitrogens with zero attached hydrogens (tertiary/aromatic N) is 1. The van der Waals surface area contributed by atoms with Gasteiger partial charge >= 0.3 is 5.97 Å². The fraction of sp³-hybridized carbons (Fsp3) is 0.789. The number of ether oxygens (including phenoxy) is 1. The first-order valence-electron chi connectivity index (χ1n) is 9.34. The summed E-state index contributed by atoms with van der Waals surface area (Å²) in [5, 5.41) is 10.6. The highest BCUT2D eigenvalue weighted by atomic mass is 16.5. The van der Waals surface area contributed by atoms with Crippen LogP contribution >= 0.6 is 0 Å². The van der Waals surface area contributed by atoms with Crippen LogP contribution in [-0.4, -0.2) is 53.3 Å². The molecule has 7 nitrogen and oxygen atoms in total. The van der Waals surface area contributed by atoms with Crippen molar-refractivity contribution in [3.8, 4) is 0 Å². The van der Waals surface area contributed by atoms with Crippen molar-refractivity contribution in [2.24, 2.45) is 23.7 Å². The zero-order chi connectivity index (χ0) is 19.4. The van der Waals surface area contributed by atoms with Gasteiger partial charge < -0.3 is 9.84 Å². The highest BCUT2D eigenvalue weighted by molar-refractivity contribution is 5.98. The third-order valence-corrected chi connectivity index (χ3v) is 5.60. The topological polar surface area (TPSA) is 101 Å². The molecule has 2 amide bonds. The van der Waals surface area contributed by atoms with Crippen molar-refractivity contribution in [1.29, 1.82) is 0 Å². The van der Waals surface area contributed by atoms with Gasteiger partial charge in [-0.05, 0) is 31.1 Å². The van der Waals surface area contributed by atoms with Gasteiger partial charge in [-0.25, -0.2) is 0 Å². The Labute approximate surface area is 154 Å². The number of likely N-dealkylation sites (tertiary alicyclic amines) is 1. The van der Waals surface area contributed by atoms with Crippen LogP contribution in [0.2, 0.25) is 0 Å². The number of hydrogen-bond acceptors (Lipinski definition) is 6. The van der Waals surface area contributed by atoms with Crippen LogP contribution in [0.3, 0.4) is 0 Å². The molecule has 1 saturated carbocycles. The van der Waals surface area contributed by atoms with Crippen molar-refractivity contribution in [2.45, 2.75) is 58.5 Å². The van der Waals surface area contributed by atoms with Gasteiger partial charge in [0.2, 0.25) is 11.8 Å². The molecule has 2 unspecified atom stereocenters. The van der Waals surface area contributed by atoms with Crippen LogP contribution in [0, 0.1) is 23.7 Å². The molecule has 1 N–H and O–H groups in total. The molecule has 7 heteroatoms. The number of aliphatic hydroxyl groups is 1. The van der Waals surface area contributed by atoms with E-state index in [1.165, 1.54) is 7.11 Å². The second-order valence-corrected chi connectivity index (χ2v) is 7.83. The molecule has 0 aromatic carbocycles. The standard InChI is InChI=1S/C19H29NO6/c1-11-6-12(2)19(25)14(7-11)15(21)8-13-9-16(22)20(17(23)10-13)5-4-18(24)26-3/h11-15,21H,4-10H2,1-3H3/t11-,12?,14?,15+/m0/s1. The minimum Gasteiger partial charge on any atom is -0.469 e. The summed E-state index contributed by atoms with van der Waals surface area (Å²) in [5.41, 5.74) is 0. The van der Waals surface area contributed by atoms with Gasteiger partial charge in [-0.3, -0.25) is 24.1 Å². The molecule has 2 aliphatic rings. The van der Waals surface area contributed by atoms with Crippen molar-refractivity contribution < 1.29 is 29.0 Å². The summed E-state index contributed by atoms with van der Waals surface area (Å²) >= 11 is 0. The number of hydrogen-bond donors (Lipinski definition) is 1. The summed E-state index contributed by atoms with van der Waals surface area (Å²) in [5.74, 6) is -1.40. The lowest BCUT2D eigenvalue weighted by Crippen LogP contribution is -2.46. The minimum absolute atomic E-state index is 0.0202. The molecule has 26 heavy (non-hydrogen) atoms. The van der Waals surface area contributed by atoms with Crippen LogP contribution < -0.4 is 0 Å². The van der Waals surface area contributed by atoms with E-state index in [-0.39, 0.29) is 61.7 Å². The van der Waals surface area contributed by atoms with Gasteiger partial charge in [0.1, 0.15) is 5.78 Å². The molecular weight excluding hydrogens is 338 g/mol. The summed E-state index contributed by atoms with van der Waals surface area (Å²) in [6, 6.07) is 0. The number of aliphatic hydroxyl groups excluding tert-OH is 1. The number of carbonyl (C=O) groups excluding carboxylic acids is 4. The molecule has 1 saturated heterocycles. The van der Waals surface area contributed by atoms with Crippen LogP contribution in [0.4, 0.5) is 0 Å². The van der Waals surface area contributed by atoms with E-state index < -0.39 is 18.0 Å².